The lowest BCUT2D eigenvalue weighted by Gasteiger charge is -2.23. The Morgan fingerprint density at radius 3 is 2.47 bits per heavy atom. The molecule has 0 aromatic carbocycles. The second-order valence-electron chi connectivity index (χ2n) is 5.44. The Hall–Kier alpha value is -1.14. The van der Waals surface area contributed by atoms with Gasteiger partial charge in [-0.1, -0.05) is 13.8 Å². The highest BCUT2D eigenvalue weighted by atomic mass is 16.5. The fourth-order valence-corrected chi connectivity index (χ4v) is 1.73. The second kappa shape index (κ2) is 8.87. The van der Waals surface area contributed by atoms with Crippen molar-refractivity contribution in [3.63, 3.8) is 0 Å². The van der Waals surface area contributed by atoms with E-state index in [0.29, 0.717) is 26.0 Å². The zero-order chi connectivity index (χ0) is 14.9. The summed E-state index contributed by atoms with van der Waals surface area (Å²) in [5.41, 5.74) is 5.50. The van der Waals surface area contributed by atoms with Crippen molar-refractivity contribution in [3.8, 4) is 0 Å². The minimum Gasteiger partial charge on any atom is -0.480 e. The Morgan fingerprint density at radius 1 is 1.37 bits per heavy atom. The third kappa shape index (κ3) is 8.56. The number of carboxylic acid groups (broad SMARTS) is 1. The molecule has 112 valence electrons. The fourth-order valence-electron chi connectivity index (χ4n) is 1.73. The van der Waals surface area contributed by atoms with E-state index >= 15 is 0 Å². The Bertz CT molecular complexity index is 292. The highest BCUT2D eigenvalue weighted by Crippen LogP contribution is 2.25. The van der Waals surface area contributed by atoms with E-state index in [0.717, 1.165) is 6.42 Å². The van der Waals surface area contributed by atoms with Crippen LogP contribution in [0, 0.1) is 5.41 Å². The lowest BCUT2D eigenvalue weighted by Crippen LogP contribution is -2.41. The molecule has 0 aliphatic carbocycles. The molecule has 0 aliphatic heterocycles. The van der Waals surface area contributed by atoms with Crippen molar-refractivity contribution in [2.24, 2.45) is 11.1 Å². The predicted molar refractivity (Wildman–Crippen MR) is 72.7 cm³/mol. The molecular formula is C13H26N2O4. The topological polar surface area (TPSA) is 102 Å². The van der Waals surface area contributed by atoms with Crippen LogP contribution in [0.3, 0.4) is 0 Å². The molecule has 0 fully saturated rings. The van der Waals surface area contributed by atoms with Crippen LogP contribution in [0.1, 0.15) is 39.5 Å². The highest BCUT2D eigenvalue weighted by molar-refractivity contribution is 5.83. The van der Waals surface area contributed by atoms with E-state index < -0.39 is 12.0 Å². The monoisotopic (exact) mass is 274 g/mol. The van der Waals surface area contributed by atoms with Crippen LogP contribution in [0.2, 0.25) is 0 Å². The van der Waals surface area contributed by atoms with Gasteiger partial charge < -0.3 is 20.9 Å². The number of amides is 1. The molecule has 0 bridgehead atoms. The van der Waals surface area contributed by atoms with E-state index in [4.69, 9.17) is 15.6 Å². The number of nitrogens with one attached hydrogen (secondary N) is 1. The van der Waals surface area contributed by atoms with Gasteiger partial charge in [0.1, 0.15) is 6.04 Å². The molecule has 0 rings (SSSR count). The normalized spacial score (nSPS) is 13.1. The summed E-state index contributed by atoms with van der Waals surface area (Å²) >= 11 is 0. The predicted octanol–water partition coefficient (Wildman–Crippen LogP) is 0.748. The van der Waals surface area contributed by atoms with Crippen LogP contribution in [0.4, 0.5) is 0 Å². The Labute approximate surface area is 114 Å². The summed E-state index contributed by atoms with van der Waals surface area (Å²) in [5, 5.41) is 11.5. The van der Waals surface area contributed by atoms with Crippen LogP contribution in [0.5, 0.6) is 0 Å². The van der Waals surface area contributed by atoms with E-state index in [1.807, 2.05) is 13.8 Å². The summed E-state index contributed by atoms with van der Waals surface area (Å²) in [6.07, 6.45) is 2.10. The van der Waals surface area contributed by atoms with Gasteiger partial charge in [-0.05, 0) is 24.8 Å². The van der Waals surface area contributed by atoms with Crippen LogP contribution in [-0.4, -0.2) is 43.3 Å². The molecule has 0 heterocycles. The Morgan fingerprint density at radius 2 is 2.00 bits per heavy atom. The van der Waals surface area contributed by atoms with Crippen molar-refractivity contribution in [1.29, 1.82) is 0 Å². The maximum Gasteiger partial charge on any atom is 0.326 e. The number of carbonyl (C=O) groups is 2. The number of hydrogen-bond acceptors (Lipinski definition) is 4. The van der Waals surface area contributed by atoms with Crippen LogP contribution in [-0.2, 0) is 14.3 Å². The van der Waals surface area contributed by atoms with Gasteiger partial charge in [-0.3, -0.25) is 4.79 Å². The summed E-state index contributed by atoms with van der Waals surface area (Å²) in [7, 11) is 1.50. The summed E-state index contributed by atoms with van der Waals surface area (Å²) in [5.74, 6) is -1.28. The average molecular weight is 274 g/mol. The first-order valence-corrected chi connectivity index (χ1v) is 6.53. The fraction of sp³-hybridized carbons (Fsp3) is 0.846. The van der Waals surface area contributed by atoms with E-state index in [-0.39, 0.29) is 17.7 Å². The third-order valence-electron chi connectivity index (χ3n) is 3.09. The minimum absolute atomic E-state index is 0.00264. The molecule has 4 N–H and O–H groups in total. The standard InChI is InChI=1S/C13H26N2O4/c1-13(2,7-8-14)6-4-11(16)15-10(12(17)18)5-9-19-3/h10H,4-9,14H2,1-3H3,(H,15,16)(H,17,18). The molecule has 1 amide bonds. The smallest absolute Gasteiger partial charge is 0.326 e. The van der Waals surface area contributed by atoms with E-state index in [1.165, 1.54) is 7.11 Å². The van der Waals surface area contributed by atoms with Crippen molar-refractivity contribution in [2.45, 2.75) is 45.6 Å². The van der Waals surface area contributed by atoms with Gasteiger partial charge in [0.25, 0.3) is 0 Å². The molecule has 1 unspecified atom stereocenters. The second-order valence-corrected chi connectivity index (χ2v) is 5.44. The van der Waals surface area contributed by atoms with E-state index in [1.54, 1.807) is 0 Å². The third-order valence-corrected chi connectivity index (χ3v) is 3.09. The van der Waals surface area contributed by atoms with Crippen LogP contribution in [0.15, 0.2) is 0 Å². The highest BCUT2D eigenvalue weighted by Gasteiger charge is 2.22. The number of carbonyl (C=O) groups excluding carboxylic acids is 1. The zero-order valence-electron chi connectivity index (χ0n) is 12.1. The molecule has 6 nitrogen and oxygen atoms in total. The van der Waals surface area contributed by atoms with Crippen molar-refractivity contribution in [2.75, 3.05) is 20.3 Å². The number of methoxy groups -OCH3 is 1. The number of nitrogens with two attached hydrogens (primary N) is 1. The molecule has 0 aromatic heterocycles. The van der Waals surface area contributed by atoms with E-state index in [9.17, 15) is 9.59 Å². The first-order chi connectivity index (χ1) is 8.82. The molecule has 1 atom stereocenters. The molecule has 0 aromatic rings. The molecule has 0 spiro atoms. The van der Waals surface area contributed by atoms with Crippen LogP contribution in [0.25, 0.3) is 0 Å². The van der Waals surface area contributed by atoms with Crippen molar-refractivity contribution < 1.29 is 19.4 Å². The molecule has 0 saturated heterocycles. The first kappa shape index (κ1) is 17.9. The van der Waals surface area contributed by atoms with Gasteiger partial charge >= 0.3 is 5.97 Å². The van der Waals surface area contributed by atoms with Crippen LogP contribution < -0.4 is 11.1 Å². The summed E-state index contributed by atoms with van der Waals surface area (Å²) < 4.78 is 4.82. The average Bonchev–Trinajstić information content (AvgIpc) is 2.31. The van der Waals surface area contributed by atoms with Gasteiger partial charge in [0.2, 0.25) is 5.91 Å². The quantitative estimate of drug-likeness (QED) is 0.545. The number of hydrogen-bond donors (Lipinski definition) is 3. The number of rotatable bonds is 10. The minimum atomic E-state index is -1.04. The lowest BCUT2D eigenvalue weighted by molar-refractivity contribution is -0.142. The summed E-state index contributed by atoms with van der Waals surface area (Å²) in [6.45, 7) is 4.98. The zero-order valence-corrected chi connectivity index (χ0v) is 12.1. The molecule has 19 heavy (non-hydrogen) atoms. The maximum absolute atomic E-state index is 11.7. The summed E-state index contributed by atoms with van der Waals surface area (Å²) in [6, 6.07) is -0.884. The Kier molecular flexibility index (Phi) is 8.34. The summed E-state index contributed by atoms with van der Waals surface area (Å²) in [4.78, 5) is 22.7. The van der Waals surface area contributed by atoms with Gasteiger partial charge in [0, 0.05) is 26.6 Å². The Balaban J connectivity index is 4.16. The van der Waals surface area contributed by atoms with Crippen molar-refractivity contribution in [3.05, 3.63) is 0 Å². The number of ether oxygens (including phenoxy) is 1. The van der Waals surface area contributed by atoms with Crippen molar-refractivity contribution >= 4 is 11.9 Å². The number of carboxylic acids is 1. The largest absolute Gasteiger partial charge is 0.480 e. The number of aliphatic carboxylic acids is 1. The van der Waals surface area contributed by atoms with Gasteiger partial charge in [0.05, 0.1) is 0 Å². The van der Waals surface area contributed by atoms with Gasteiger partial charge in [-0.15, -0.1) is 0 Å². The van der Waals surface area contributed by atoms with Crippen LogP contribution >= 0.6 is 0 Å². The maximum atomic E-state index is 11.7. The lowest BCUT2D eigenvalue weighted by atomic mass is 9.84. The molecule has 0 radical (unpaired) electrons. The molecule has 0 aliphatic rings. The van der Waals surface area contributed by atoms with Gasteiger partial charge in [0.15, 0.2) is 0 Å². The first-order valence-electron chi connectivity index (χ1n) is 6.53. The molecular weight excluding hydrogens is 248 g/mol. The van der Waals surface area contributed by atoms with E-state index in [2.05, 4.69) is 5.32 Å². The molecule has 6 heteroatoms. The molecule has 0 saturated carbocycles. The van der Waals surface area contributed by atoms with Gasteiger partial charge in [-0.2, -0.15) is 0 Å². The van der Waals surface area contributed by atoms with Gasteiger partial charge in [-0.25, -0.2) is 4.79 Å². The van der Waals surface area contributed by atoms with Crippen molar-refractivity contribution in [1.82, 2.24) is 5.32 Å². The SMILES string of the molecule is COCCC(NC(=O)CCC(C)(C)CCN)C(=O)O.